The number of benzene rings is 3. The minimum atomic E-state index is -2.04. The highest BCUT2D eigenvalue weighted by molar-refractivity contribution is 7.13. The van der Waals surface area contributed by atoms with E-state index < -0.39 is 65.0 Å². The molecule has 6 atom stereocenters. The number of β-amino-alcohol motifs (C(OH)–C–C–N with tert-alkyl or cyclic N) is 1. The van der Waals surface area contributed by atoms with Gasteiger partial charge in [0.25, 0.3) is 5.91 Å². The van der Waals surface area contributed by atoms with Crippen LogP contribution in [0.4, 0.5) is 25.3 Å². The number of aromatic nitrogens is 5. The first kappa shape index (κ1) is 61.8. The predicted molar refractivity (Wildman–Crippen MR) is 323 cm³/mol. The number of aliphatic hydroxyl groups is 1. The number of piperazine rings is 1. The number of rotatable bonds is 20. The summed E-state index contributed by atoms with van der Waals surface area (Å²) >= 11 is 1.48. The molecule has 6 heterocycles. The fourth-order valence-electron chi connectivity index (χ4n) is 11.5. The van der Waals surface area contributed by atoms with Crippen LogP contribution < -0.4 is 31.5 Å². The van der Waals surface area contributed by atoms with Gasteiger partial charge in [-0.15, -0.1) is 11.3 Å². The van der Waals surface area contributed by atoms with E-state index in [0.717, 1.165) is 21.7 Å². The number of halogens is 2. The number of alkyl halides is 1. The number of methoxy groups -OCH3 is 1. The summed E-state index contributed by atoms with van der Waals surface area (Å²) in [6.45, 7) is 12.2. The zero-order chi connectivity index (χ0) is 61.7. The van der Waals surface area contributed by atoms with Gasteiger partial charge >= 0.3 is 6.03 Å². The number of aliphatic hydroxyl groups excluding tert-OH is 1. The third-order valence-electron chi connectivity index (χ3n) is 16.6. The molecule has 3 saturated heterocycles. The van der Waals surface area contributed by atoms with Gasteiger partial charge in [0.2, 0.25) is 29.6 Å². The highest BCUT2D eigenvalue weighted by atomic mass is 32.1. The van der Waals surface area contributed by atoms with Crippen LogP contribution in [0.15, 0.2) is 96.8 Å². The van der Waals surface area contributed by atoms with Crippen molar-refractivity contribution in [3.8, 4) is 27.4 Å². The van der Waals surface area contributed by atoms with Gasteiger partial charge in [0, 0.05) is 95.3 Å². The first-order chi connectivity index (χ1) is 41.7. The molecule has 0 unspecified atom stereocenters. The Kier molecular flexibility index (Phi) is 18.7. The lowest BCUT2D eigenvalue weighted by molar-refractivity contribution is -0.145. The van der Waals surface area contributed by atoms with Crippen LogP contribution in [0, 0.1) is 25.1 Å². The Balaban J connectivity index is 0.765. The van der Waals surface area contributed by atoms with Crippen LogP contribution in [0.1, 0.15) is 80.8 Å². The number of carbonyl (C=O) groups excluding carboxylic acids is 6. The van der Waals surface area contributed by atoms with Gasteiger partial charge in [0.1, 0.15) is 29.4 Å². The third-order valence-corrected chi connectivity index (χ3v) is 17.6. The number of nitrogens with zero attached hydrogens (tertiary/aromatic N) is 9. The molecule has 25 heteroatoms. The number of hydrogen-bond donors (Lipinski definition) is 6. The molecule has 1 aliphatic carbocycles. The van der Waals surface area contributed by atoms with Gasteiger partial charge in [0.05, 0.1) is 59.5 Å². The molecule has 87 heavy (non-hydrogen) atoms. The van der Waals surface area contributed by atoms with Crippen molar-refractivity contribution in [2.24, 2.45) is 5.41 Å². The number of thiazole rings is 1. The van der Waals surface area contributed by atoms with Crippen LogP contribution in [-0.4, -0.2) is 183 Å². The summed E-state index contributed by atoms with van der Waals surface area (Å²) in [7, 11) is 1.64. The number of ether oxygens (including phenoxy) is 1. The summed E-state index contributed by atoms with van der Waals surface area (Å²) in [5.74, 6) is -2.65. The Bertz CT molecular complexity index is 3460. The summed E-state index contributed by atoms with van der Waals surface area (Å²) in [4.78, 5) is 105. The van der Waals surface area contributed by atoms with E-state index in [0.29, 0.717) is 92.3 Å². The van der Waals surface area contributed by atoms with E-state index >= 15 is 0 Å². The summed E-state index contributed by atoms with van der Waals surface area (Å²) < 4.78 is 36.3. The van der Waals surface area contributed by atoms with Gasteiger partial charge in [-0.25, -0.2) is 33.2 Å². The number of hydrogen-bond acceptors (Lipinski definition) is 15. The van der Waals surface area contributed by atoms with Gasteiger partial charge < -0.3 is 45.8 Å². The lowest BCUT2D eigenvalue weighted by Crippen LogP contribution is -2.59. The number of urea groups is 1. The van der Waals surface area contributed by atoms with Crippen molar-refractivity contribution < 1.29 is 47.4 Å². The topological polar surface area (TPSA) is 261 Å². The SMILES string of the molecule is COCCN1C[C@@H](NC(=O)Nc2c(C)c(-c3cnc(N4CCN(C(=O)CNC(=O)C[C@H](NC(=O)[C@@H]5C[C@@H](O)CN5C(=O)[C@@H](NC(=O)C5(F)CC5)C(C)(C)C)c5ccc(-c6scnc6C)cc5)CC4)nc3)nn2-c2ccccc2)[C@H](c2cccc(F)c2)C1. The molecule has 4 aliphatic rings. The zero-order valence-electron chi connectivity index (χ0n) is 49.6. The van der Waals surface area contributed by atoms with Crippen molar-refractivity contribution in [1.82, 2.24) is 60.7 Å². The van der Waals surface area contributed by atoms with E-state index in [-0.39, 0.29) is 62.5 Å². The summed E-state index contributed by atoms with van der Waals surface area (Å²) in [5, 5.41) is 30.3. The van der Waals surface area contributed by atoms with E-state index in [1.807, 2.05) is 67.3 Å². The molecular weight excluding hydrogens is 1140 g/mol. The molecule has 3 aromatic heterocycles. The molecule has 7 amide bonds. The molecular formula is C62H74F2N14O8S. The second kappa shape index (κ2) is 26.4. The first-order valence-electron chi connectivity index (χ1n) is 29.3. The van der Waals surface area contributed by atoms with E-state index in [1.165, 1.54) is 28.4 Å². The van der Waals surface area contributed by atoms with E-state index in [1.54, 1.807) is 73.6 Å². The van der Waals surface area contributed by atoms with Crippen molar-refractivity contribution in [2.75, 3.05) is 82.8 Å². The van der Waals surface area contributed by atoms with Crippen molar-refractivity contribution in [1.29, 1.82) is 0 Å². The Labute approximate surface area is 507 Å². The Morgan fingerprint density at radius 3 is 2.25 bits per heavy atom. The van der Waals surface area contributed by atoms with Gasteiger partial charge in [0.15, 0.2) is 5.67 Å². The van der Waals surface area contributed by atoms with Gasteiger partial charge in [-0.3, -0.25) is 34.2 Å². The first-order valence-corrected chi connectivity index (χ1v) is 30.1. The van der Waals surface area contributed by atoms with E-state index in [2.05, 4.69) is 36.5 Å². The summed E-state index contributed by atoms with van der Waals surface area (Å²) in [6.07, 6.45) is 1.98. The Hall–Kier alpha value is -8.26. The van der Waals surface area contributed by atoms with Crippen molar-refractivity contribution >= 4 is 58.7 Å². The number of amides is 7. The maximum atomic E-state index is 14.8. The normalized spacial score (nSPS) is 19.9. The minimum Gasteiger partial charge on any atom is -0.391 e. The number of para-hydroxylation sites is 1. The number of nitrogens with one attached hydrogen (secondary N) is 5. The Morgan fingerprint density at radius 1 is 0.874 bits per heavy atom. The molecule has 22 nitrogen and oxygen atoms in total. The molecule has 1 saturated carbocycles. The van der Waals surface area contributed by atoms with Crippen molar-refractivity contribution in [3.05, 3.63) is 125 Å². The van der Waals surface area contributed by atoms with Crippen LogP contribution in [0.25, 0.3) is 27.4 Å². The molecule has 4 fully saturated rings. The lowest BCUT2D eigenvalue weighted by atomic mass is 9.85. The lowest BCUT2D eigenvalue weighted by Gasteiger charge is -2.36. The number of aryl methyl sites for hydroxylation is 1. The summed E-state index contributed by atoms with van der Waals surface area (Å²) in [6, 6.07) is 19.1. The molecule has 0 spiro atoms. The molecule has 460 valence electrons. The van der Waals surface area contributed by atoms with Gasteiger partial charge in [-0.05, 0) is 73.1 Å². The average molecular weight is 1210 g/mol. The van der Waals surface area contributed by atoms with E-state index in [4.69, 9.17) is 19.8 Å². The van der Waals surface area contributed by atoms with Crippen LogP contribution >= 0.6 is 11.3 Å². The second-order valence-corrected chi connectivity index (χ2v) is 24.7. The van der Waals surface area contributed by atoms with Gasteiger partial charge in [-0.1, -0.05) is 75.4 Å². The fraction of sp³-hybridized carbons (Fsp3) is 0.452. The largest absolute Gasteiger partial charge is 0.391 e. The molecule has 6 aromatic rings. The molecule has 3 aromatic carbocycles. The highest BCUT2D eigenvalue weighted by Crippen LogP contribution is 2.41. The van der Waals surface area contributed by atoms with Crippen LogP contribution in [0.3, 0.4) is 0 Å². The molecule has 0 radical (unpaired) electrons. The molecule has 10 rings (SSSR count). The van der Waals surface area contributed by atoms with Crippen molar-refractivity contribution in [3.63, 3.8) is 0 Å². The molecule has 0 bridgehead atoms. The van der Waals surface area contributed by atoms with Gasteiger partial charge in [-0.2, -0.15) is 5.10 Å². The number of anilines is 2. The smallest absolute Gasteiger partial charge is 0.320 e. The number of carbonyl (C=O) groups is 6. The maximum absolute atomic E-state index is 14.8. The van der Waals surface area contributed by atoms with Crippen LogP contribution in [0.2, 0.25) is 0 Å². The quantitative estimate of drug-likeness (QED) is 0.0556. The van der Waals surface area contributed by atoms with E-state index in [9.17, 15) is 42.7 Å². The third kappa shape index (κ3) is 14.4. The second-order valence-electron chi connectivity index (χ2n) is 23.9. The fourth-order valence-corrected chi connectivity index (χ4v) is 12.3. The van der Waals surface area contributed by atoms with Crippen molar-refractivity contribution in [2.45, 2.75) is 102 Å². The zero-order valence-corrected chi connectivity index (χ0v) is 50.4. The minimum absolute atomic E-state index is 0.0518. The van der Waals surface area contributed by atoms with Crippen LogP contribution in [-0.2, 0) is 28.7 Å². The molecule has 3 aliphatic heterocycles. The Morgan fingerprint density at radius 2 is 1.60 bits per heavy atom. The number of likely N-dealkylation sites (tertiary alicyclic amines) is 2. The average Bonchev–Trinajstić information content (AvgIpc) is 2.11. The maximum Gasteiger partial charge on any atom is 0.320 e. The summed E-state index contributed by atoms with van der Waals surface area (Å²) in [5.41, 5.74) is 4.44. The monoisotopic (exact) mass is 1210 g/mol. The molecule has 6 N–H and O–H groups in total. The standard InChI is InChI=1S/C62H74F2N14O8S/c1-37-52(73-78(44-13-8-7-9-14-44)55(37)72-60(85)70-48-35-74(25-26-86-6)34-46(48)41-11-10-12-43(63)27-41)42-30-66-59(67-31-42)76-23-21-75(22-24-76)51(81)32-65-50(80)29-47(39-15-17-40(18-16-39)53-38(2)68-36-87-53)69-56(82)49-28-45(79)33-77(49)57(83)54(61(3,4)5)71-58(84)62(64)19-20-62/h7-18,27,30-31,36,45-49,54,79H,19-26,28-29,32-35H2,1-6H3,(H,65,80)(H,69,82)(H,71,84)(H2,70,72,85)/t45-,46+,47+,48-,49+,54-/m1/s1. The highest BCUT2D eigenvalue weighted by Gasteiger charge is 2.53. The predicted octanol–water partition coefficient (Wildman–Crippen LogP) is 5.45. The van der Waals surface area contributed by atoms with Crippen LogP contribution in [0.5, 0.6) is 0 Å².